The summed E-state index contributed by atoms with van der Waals surface area (Å²) in [6, 6.07) is 8.54. The van der Waals surface area contributed by atoms with Gasteiger partial charge in [-0.1, -0.05) is 55.4 Å². The maximum Gasteiger partial charge on any atom is 0.249 e. The molecule has 1 fully saturated rings. The molecule has 2 unspecified atom stereocenters. The topological polar surface area (TPSA) is 49.4 Å². The first kappa shape index (κ1) is 15.6. The van der Waals surface area contributed by atoms with Gasteiger partial charge in [-0.3, -0.25) is 9.59 Å². The van der Waals surface area contributed by atoms with E-state index in [1.165, 1.54) is 4.90 Å². The largest absolute Gasteiger partial charge is 0.340 e. The van der Waals surface area contributed by atoms with Gasteiger partial charge in [-0.05, 0) is 18.9 Å². The van der Waals surface area contributed by atoms with E-state index in [2.05, 4.69) is 11.9 Å². The molecule has 0 aliphatic carbocycles. The summed E-state index contributed by atoms with van der Waals surface area (Å²) >= 11 is 5.89. The van der Waals surface area contributed by atoms with E-state index in [-0.39, 0.29) is 18.4 Å². The van der Waals surface area contributed by atoms with Crippen LogP contribution in [0.3, 0.4) is 0 Å². The molecular weight excluding hydrogens is 288 g/mol. The number of benzene rings is 1. The Morgan fingerprint density at radius 1 is 1.38 bits per heavy atom. The van der Waals surface area contributed by atoms with Crippen LogP contribution in [0.2, 0.25) is 0 Å². The van der Waals surface area contributed by atoms with E-state index in [9.17, 15) is 9.59 Å². The fourth-order valence-electron chi connectivity index (χ4n) is 2.52. The average Bonchev–Trinajstić information content (AvgIpc) is 2.45. The predicted octanol–water partition coefficient (Wildman–Crippen LogP) is 2.61. The van der Waals surface area contributed by atoms with Crippen LogP contribution in [0.1, 0.15) is 31.9 Å². The van der Waals surface area contributed by atoms with Gasteiger partial charge in [0.1, 0.15) is 11.6 Å². The second kappa shape index (κ2) is 5.90. The number of carbonyl (C=O) groups is 2. The molecule has 112 valence electrons. The number of amides is 2. The van der Waals surface area contributed by atoms with Gasteiger partial charge in [0, 0.05) is 5.03 Å². The third-order valence-electron chi connectivity index (χ3n) is 3.86. The van der Waals surface area contributed by atoms with Gasteiger partial charge in [0.15, 0.2) is 0 Å². The third kappa shape index (κ3) is 2.95. The van der Waals surface area contributed by atoms with Gasteiger partial charge in [-0.25, -0.2) is 0 Å². The number of piperazine rings is 1. The second-order valence-electron chi connectivity index (χ2n) is 5.44. The molecule has 0 spiro atoms. The van der Waals surface area contributed by atoms with Crippen LogP contribution < -0.4 is 5.32 Å². The molecular formula is C16H19ClN2O2. The van der Waals surface area contributed by atoms with E-state index >= 15 is 0 Å². The van der Waals surface area contributed by atoms with Crippen LogP contribution in [-0.4, -0.2) is 28.8 Å². The summed E-state index contributed by atoms with van der Waals surface area (Å²) in [6.45, 7) is 7.41. The molecule has 5 heteroatoms. The van der Waals surface area contributed by atoms with E-state index in [0.29, 0.717) is 11.5 Å². The average molecular weight is 307 g/mol. The number of nitrogens with zero attached hydrogens (tertiary/aromatic N) is 1. The van der Waals surface area contributed by atoms with Gasteiger partial charge in [0.2, 0.25) is 11.8 Å². The lowest BCUT2D eigenvalue weighted by atomic mass is 9.89. The van der Waals surface area contributed by atoms with E-state index in [0.717, 1.165) is 5.56 Å². The summed E-state index contributed by atoms with van der Waals surface area (Å²) in [4.78, 5) is 26.8. The van der Waals surface area contributed by atoms with Crippen molar-refractivity contribution < 1.29 is 9.59 Å². The third-order valence-corrected chi connectivity index (χ3v) is 3.98. The zero-order valence-corrected chi connectivity index (χ0v) is 13.0. The monoisotopic (exact) mass is 306 g/mol. The molecule has 2 amide bonds. The molecule has 1 aromatic carbocycles. The van der Waals surface area contributed by atoms with Crippen LogP contribution in [0.15, 0.2) is 41.9 Å². The van der Waals surface area contributed by atoms with Crippen molar-refractivity contribution in [2.75, 3.05) is 6.54 Å². The molecule has 0 bridgehead atoms. The van der Waals surface area contributed by atoms with Crippen molar-refractivity contribution in [2.24, 2.45) is 0 Å². The SMILES string of the molecule is C=C(Cl)CN1C(=O)C(C)(CC)NC(=O)C1c1ccccc1. The Morgan fingerprint density at radius 2 is 2.00 bits per heavy atom. The Hall–Kier alpha value is -1.81. The Bertz CT molecular complexity index is 573. The molecule has 1 aliphatic heterocycles. The first-order chi connectivity index (χ1) is 9.89. The first-order valence-corrected chi connectivity index (χ1v) is 7.28. The lowest BCUT2D eigenvalue weighted by molar-refractivity contribution is -0.154. The van der Waals surface area contributed by atoms with Crippen molar-refractivity contribution in [3.8, 4) is 0 Å². The highest BCUT2D eigenvalue weighted by Gasteiger charge is 2.47. The van der Waals surface area contributed by atoms with Crippen LogP contribution in [0.5, 0.6) is 0 Å². The summed E-state index contributed by atoms with van der Waals surface area (Å²) in [7, 11) is 0. The predicted molar refractivity (Wildman–Crippen MR) is 82.7 cm³/mol. The van der Waals surface area contributed by atoms with Crippen LogP contribution in [0, 0.1) is 0 Å². The maximum atomic E-state index is 12.8. The highest BCUT2D eigenvalue weighted by atomic mass is 35.5. The molecule has 4 nitrogen and oxygen atoms in total. The van der Waals surface area contributed by atoms with Gasteiger partial charge < -0.3 is 10.2 Å². The number of hydrogen-bond donors (Lipinski definition) is 1. The Labute approximate surface area is 129 Å². The highest BCUT2D eigenvalue weighted by molar-refractivity contribution is 6.29. The summed E-state index contributed by atoms with van der Waals surface area (Å²) in [5, 5.41) is 3.17. The summed E-state index contributed by atoms with van der Waals surface area (Å²) in [6.07, 6.45) is 0.518. The first-order valence-electron chi connectivity index (χ1n) is 6.90. The molecule has 21 heavy (non-hydrogen) atoms. The van der Waals surface area contributed by atoms with Crippen molar-refractivity contribution >= 4 is 23.4 Å². The van der Waals surface area contributed by atoms with Crippen molar-refractivity contribution in [1.82, 2.24) is 10.2 Å². The summed E-state index contributed by atoms with van der Waals surface area (Å²) in [5.41, 5.74) is -0.131. The van der Waals surface area contributed by atoms with Crippen molar-refractivity contribution in [1.29, 1.82) is 0 Å². The fourth-order valence-corrected chi connectivity index (χ4v) is 2.65. The zero-order valence-electron chi connectivity index (χ0n) is 12.2. The number of carbonyl (C=O) groups excluding carboxylic acids is 2. The molecule has 1 aromatic rings. The van der Waals surface area contributed by atoms with Crippen LogP contribution >= 0.6 is 11.6 Å². The second-order valence-corrected chi connectivity index (χ2v) is 5.97. The van der Waals surface area contributed by atoms with Crippen LogP contribution in [0.4, 0.5) is 0 Å². The van der Waals surface area contributed by atoms with Crippen molar-refractivity contribution in [3.05, 3.63) is 47.5 Å². The molecule has 2 atom stereocenters. The Morgan fingerprint density at radius 3 is 2.52 bits per heavy atom. The van der Waals surface area contributed by atoms with E-state index in [4.69, 9.17) is 11.6 Å². The van der Waals surface area contributed by atoms with Crippen molar-refractivity contribution in [3.63, 3.8) is 0 Å². The number of nitrogens with one attached hydrogen (secondary N) is 1. The van der Waals surface area contributed by atoms with E-state index < -0.39 is 11.6 Å². The van der Waals surface area contributed by atoms with E-state index in [1.54, 1.807) is 6.92 Å². The molecule has 2 rings (SSSR count). The summed E-state index contributed by atoms with van der Waals surface area (Å²) < 4.78 is 0. The molecule has 1 aliphatic rings. The maximum absolute atomic E-state index is 12.8. The minimum atomic E-state index is -0.894. The Kier molecular flexibility index (Phi) is 4.37. The lowest BCUT2D eigenvalue weighted by Crippen LogP contribution is -2.66. The summed E-state index contributed by atoms with van der Waals surface area (Å²) in [5.74, 6) is -0.330. The fraction of sp³-hybridized carbons (Fsp3) is 0.375. The standard InChI is InChI=1S/C16H19ClN2O2/c1-4-16(3)15(21)19(10-11(2)17)13(14(20)18-16)12-8-6-5-7-9-12/h5-9,13H,2,4,10H2,1,3H3,(H,18,20). The van der Waals surface area contributed by atoms with E-state index in [1.807, 2.05) is 37.3 Å². The number of hydrogen-bond acceptors (Lipinski definition) is 2. The molecule has 0 aromatic heterocycles. The smallest absolute Gasteiger partial charge is 0.249 e. The van der Waals surface area contributed by atoms with Gasteiger partial charge in [-0.2, -0.15) is 0 Å². The normalized spacial score (nSPS) is 25.7. The molecule has 0 saturated carbocycles. The molecule has 1 N–H and O–H groups in total. The minimum Gasteiger partial charge on any atom is -0.340 e. The van der Waals surface area contributed by atoms with Crippen molar-refractivity contribution in [2.45, 2.75) is 31.8 Å². The lowest BCUT2D eigenvalue weighted by Gasteiger charge is -2.44. The van der Waals surface area contributed by atoms with Crippen LogP contribution in [0.25, 0.3) is 0 Å². The number of rotatable bonds is 4. The minimum absolute atomic E-state index is 0.139. The zero-order chi connectivity index (χ0) is 15.6. The van der Waals surface area contributed by atoms with Gasteiger partial charge in [-0.15, -0.1) is 0 Å². The quantitative estimate of drug-likeness (QED) is 0.929. The highest BCUT2D eigenvalue weighted by Crippen LogP contribution is 2.31. The molecule has 1 saturated heterocycles. The van der Waals surface area contributed by atoms with Gasteiger partial charge in [0.25, 0.3) is 0 Å². The Balaban J connectivity index is 2.45. The number of halogens is 1. The van der Waals surface area contributed by atoms with Crippen LogP contribution in [-0.2, 0) is 9.59 Å². The van der Waals surface area contributed by atoms with Gasteiger partial charge >= 0.3 is 0 Å². The molecule has 0 radical (unpaired) electrons. The van der Waals surface area contributed by atoms with Gasteiger partial charge in [0.05, 0.1) is 6.54 Å². The molecule has 1 heterocycles.